The van der Waals surface area contributed by atoms with Crippen molar-refractivity contribution in [2.75, 3.05) is 5.43 Å². The maximum atomic E-state index is 12.3. The van der Waals surface area contributed by atoms with E-state index in [2.05, 4.69) is 34.3 Å². The van der Waals surface area contributed by atoms with Crippen LogP contribution < -0.4 is 16.7 Å². The number of nitrogens with one attached hydrogen (secondary N) is 2. The maximum Gasteiger partial charge on any atom is 0.329 e. The molecule has 2 aromatic heterocycles. The van der Waals surface area contributed by atoms with Crippen molar-refractivity contribution in [2.24, 2.45) is 18.1 Å². The second-order valence-electron chi connectivity index (χ2n) is 6.54. The maximum absolute atomic E-state index is 12.3. The number of nitrogens with zero attached hydrogens (tertiary/aromatic N) is 4. The monoisotopic (exact) mass is 354 g/mol. The van der Waals surface area contributed by atoms with Crippen LogP contribution in [0.4, 0.5) is 5.95 Å². The van der Waals surface area contributed by atoms with E-state index in [1.165, 1.54) is 4.57 Å². The highest BCUT2D eigenvalue weighted by molar-refractivity contribution is 5.80. The van der Waals surface area contributed by atoms with Crippen LogP contribution in [0.5, 0.6) is 0 Å². The first-order chi connectivity index (χ1) is 12.5. The van der Waals surface area contributed by atoms with Gasteiger partial charge in [0.25, 0.3) is 5.56 Å². The van der Waals surface area contributed by atoms with E-state index >= 15 is 0 Å². The summed E-state index contributed by atoms with van der Waals surface area (Å²) in [5.74, 6) is 0.888. The molecule has 0 spiro atoms. The summed E-state index contributed by atoms with van der Waals surface area (Å²) in [6.07, 6.45) is 2.54. The molecule has 0 unspecified atom stereocenters. The van der Waals surface area contributed by atoms with Crippen LogP contribution in [0.15, 0.2) is 45.0 Å². The third-order valence-electron chi connectivity index (χ3n) is 4.11. The Kier molecular flexibility index (Phi) is 5.01. The Morgan fingerprint density at radius 1 is 1.27 bits per heavy atom. The molecule has 26 heavy (non-hydrogen) atoms. The van der Waals surface area contributed by atoms with Gasteiger partial charge in [-0.3, -0.25) is 14.3 Å². The molecule has 0 aliphatic heterocycles. The van der Waals surface area contributed by atoms with Gasteiger partial charge in [-0.05, 0) is 17.9 Å². The highest BCUT2D eigenvalue weighted by atomic mass is 16.2. The van der Waals surface area contributed by atoms with Crippen LogP contribution in [-0.4, -0.2) is 25.3 Å². The molecule has 2 N–H and O–H groups in total. The number of aromatic amines is 1. The predicted octanol–water partition coefficient (Wildman–Crippen LogP) is 1.92. The minimum Gasteiger partial charge on any atom is -0.303 e. The van der Waals surface area contributed by atoms with Gasteiger partial charge in [0.2, 0.25) is 5.95 Å². The minimum absolute atomic E-state index is 0.333. The Labute approximate surface area is 150 Å². The topological polar surface area (TPSA) is 97.1 Å². The molecular weight excluding hydrogens is 332 g/mol. The van der Waals surface area contributed by atoms with Crippen LogP contribution in [0.1, 0.15) is 25.8 Å². The Morgan fingerprint density at radius 2 is 2.00 bits per heavy atom. The van der Waals surface area contributed by atoms with E-state index in [0.29, 0.717) is 29.6 Å². The molecule has 8 heteroatoms. The summed E-state index contributed by atoms with van der Waals surface area (Å²) in [5.41, 5.74) is 3.61. The van der Waals surface area contributed by atoms with E-state index in [9.17, 15) is 9.59 Å². The molecular formula is C18H22N6O2. The van der Waals surface area contributed by atoms with Gasteiger partial charge in [-0.1, -0.05) is 44.2 Å². The third-order valence-corrected chi connectivity index (χ3v) is 4.11. The quantitative estimate of drug-likeness (QED) is 0.522. The van der Waals surface area contributed by atoms with Crippen molar-refractivity contribution in [3.05, 3.63) is 56.7 Å². The van der Waals surface area contributed by atoms with Crippen LogP contribution in [0.2, 0.25) is 0 Å². The number of fused-ring (bicyclic) bond motifs is 1. The summed E-state index contributed by atoms with van der Waals surface area (Å²) >= 11 is 0. The first-order valence-electron chi connectivity index (χ1n) is 8.51. The van der Waals surface area contributed by atoms with Crippen molar-refractivity contribution in [3.8, 4) is 0 Å². The molecule has 0 radical (unpaired) electrons. The van der Waals surface area contributed by atoms with Gasteiger partial charge in [-0.2, -0.15) is 10.1 Å². The Bertz CT molecular complexity index is 1040. The lowest BCUT2D eigenvalue weighted by Crippen LogP contribution is -2.29. The largest absolute Gasteiger partial charge is 0.329 e. The molecule has 136 valence electrons. The van der Waals surface area contributed by atoms with E-state index < -0.39 is 11.2 Å². The zero-order valence-electron chi connectivity index (χ0n) is 15.1. The molecule has 0 saturated heterocycles. The minimum atomic E-state index is -0.490. The van der Waals surface area contributed by atoms with E-state index in [1.54, 1.807) is 17.8 Å². The molecule has 3 rings (SSSR count). The van der Waals surface area contributed by atoms with E-state index in [-0.39, 0.29) is 0 Å². The van der Waals surface area contributed by atoms with Gasteiger partial charge >= 0.3 is 5.69 Å². The van der Waals surface area contributed by atoms with Gasteiger partial charge in [-0.25, -0.2) is 10.2 Å². The zero-order chi connectivity index (χ0) is 18.7. The van der Waals surface area contributed by atoms with Crippen molar-refractivity contribution in [2.45, 2.75) is 26.8 Å². The first kappa shape index (κ1) is 17.7. The van der Waals surface area contributed by atoms with Gasteiger partial charge in [-0.15, -0.1) is 0 Å². The Morgan fingerprint density at radius 3 is 2.69 bits per heavy atom. The number of hydrogen-bond donors (Lipinski definition) is 2. The molecule has 0 fully saturated rings. The molecule has 0 bridgehead atoms. The van der Waals surface area contributed by atoms with Crippen molar-refractivity contribution >= 4 is 23.3 Å². The lowest BCUT2D eigenvalue weighted by atomic mass is 10.1. The van der Waals surface area contributed by atoms with Crippen LogP contribution in [-0.2, 0) is 13.6 Å². The van der Waals surface area contributed by atoms with Crippen molar-refractivity contribution in [1.29, 1.82) is 0 Å². The standard InChI is InChI=1S/C18H22N6O2/c1-12(2)9-10-24-14-15(23(3)18(26)21-16(14)25)20-17(24)22-19-11-13-7-5-4-6-8-13/h4-8,11-12H,9-10H2,1-3H3,(H,20,22)(H,21,25,26). The number of imidazole rings is 1. The predicted molar refractivity (Wildman–Crippen MR) is 103 cm³/mol. The normalized spacial score (nSPS) is 11.7. The lowest BCUT2D eigenvalue weighted by Gasteiger charge is -2.09. The number of H-pyrrole nitrogens is 1. The van der Waals surface area contributed by atoms with Crippen molar-refractivity contribution in [3.63, 3.8) is 0 Å². The van der Waals surface area contributed by atoms with E-state index in [4.69, 9.17) is 0 Å². The molecule has 0 saturated carbocycles. The second-order valence-corrected chi connectivity index (χ2v) is 6.54. The van der Waals surface area contributed by atoms with Gasteiger partial charge in [0.05, 0.1) is 6.21 Å². The third kappa shape index (κ3) is 3.58. The molecule has 0 aliphatic rings. The number of rotatable bonds is 6. The fourth-order valence-electron chi connectivity index (χ4n) is 2.63. The number of benzene rings is 1. The Hall–Kier alpha value is -3.16. The van der Waals surface area contributed by atoms with E-state index in [1.807, 2.05) is 30.3 Å². The van der Waals surface area contributed by atoms with Gasteiger partial charge < -0.3 is 4.57 Å². The lowest BCUT2D eigenvalue weighted by molar-refractivity contribution is 0.524. The highest BCUT2D eigenvalue weighted by Gasteiger charge is 2.17. The summed E-state index contributed by atoms with van der Waals surface area (Å²) in [5, 5.41) is 4.22. The smallest absolute Gasteiger partial charge is 0.303 e. The first-order valence-corrected chi connectivity index (χ1v) is 8.51. The fourth-order valence-corrected chi connectivity index (χ4v) is 2.63. The molecule has 2 heterocycles. The average Bonchev–Trinajstić information content (AvgIpc) is 2.98. The fraction of sp³-hybridized carbons (Fsp3) is 0.333. The summed E-state index contributed by atoms with van der Waals surface area (Å²) in [6, 6.07) is 9.65. The molecule has 0 aliphatic carbocycles. The average molecular weight is 354 g/mol. The second kappa shape index (κ2) is 7.38. The molecule has 0 amide bonds. The number of aryl methyl sites for hydroxylation is 2. The van der Waals surface area contributed by atoms with Crippen molar-refractivity contribution in [1.82, 2.24) is 19.1 Å². The van der Waals surface area contributed by atoms with Crippen molar-refractivity contribution < 1.29 is 0 Å². The summed E-state index contributed by atoms with van der Waals surface area (Å²) in [6.45, 7) is 4.82. The van der Waals surface area contributed by atoms with Gasteiger partial charge in [0, 0.05) is 13.6 Å². The number of anilines is 1. The van der Waals surface area contributed by atoms with Gasteiger partial charge in [0.1, 0.15) is 0 Å². The van der Waals surface area contributed by atoms with Crippen LogP contribution in [0.3, 0.4) is 0 Å². The molecule has 8 nitrogen and oxygen atoms in total. The highest BCUT2D eigenvalue weighted by Crippen LogP contribution is 2.17. The summed E-state index contributed by atoms with van der Waals surface area (Å²) < 4.78 is 3.10. The van der Waals surface area contributed by atoms with Crippen LogP contribution >= 0.6 is 0 Å². The molecule has 1 aromatic carbocycles. The summed E-state index contributed by atoms with van der Waals surface area (Å²) in [7, 11) is 1.58. The SMILES string of the molecule is CC(C)CCn1c(NN=Cc2ccccc2)nc2c1c(=O)[nH]c(=O)n2C. The number of hydrazone groups is 1. The number of hydrogen-bond acceptors (Lipinski definition) is 5. The van der Waals surface area contributed by atoms with Crippen LogP contribution in [0, 0.1) is 5.92 Å². The zero-order valence-corrected chi connectivity index (χ0v) is 15.1. The van der Waals surface area contributed by atoms with E-state index in [0.717, 1.165) is 12.0 Å². The Balaban J connectivity index is 2.02. The van der Waals surface area contributed by atoms with Gasteiger partial charge in [0.15, 0.2) is 11.2 Å². The number of aromatic nitrogens is 4. The van der Waals surface area contributed by atoms with Crippen LogP contribution in [0.25, 0.3) is 11.2 Å². The molecule has 3 aromatic rings. The summed E-state index contributed by atoms with van der Waals surface area (Å²) in [4.78, 5) is 30.9. The molecule has 0 atom stereocenters.